The molecule has 1 heteroatoms. The van der Waals surface area contributed by atoms with Crippen LogP contribution in [0.5, 0.6) is 0 Å². The van der Waals surface area contributed by atoms with Crippen molar-refractivity contribution in [2.75, 3.05) is 0 Å². The van der Waals surface area contributed by atoms with Crippen molar-refractivity contribution in [1.82, 2.24) is 0 Å². The quantitative estimate of drug-likeness (QED) is 0.570. The molecule has 0 bridgehead atoms. The van der Waals surface area contributed by atoms with Gasteiger partial charge >= 0.3 is 0 Å². The van der Waals surface area contributed by atoms with Crippen LogP contribution >= 0.6 is 11.3 Å². The number of benzene rings is 1. The molecule has 0 fully saturated rings. The lowest BCUT2D eigenvalue weighted by Crippen LogP contribution is -1.89. The molecule has 0 amide bonds. The van der Waals surface area contributed by atoms with Gasteiger partial charge in [-0.1, -0.05) is 65.3 Å². The van der Waals surface area contributed by atoms with Crippen LogP contribution in [0.4, 0.5) is 0 Å². The Balaban J connectivity index is 0.000000956. The van der Waals surface area contributed by atoms with E-state index in [0.29, 0.717) is 11.8 Å². The molecule has 0 aliphatic rings. The Kier molecular flexibility index (Phi) is 6.48. The van der Waals surface area contributed by atoms with E-state index in [9.17, 15) is 0 Å². The first-order valence-corrected chi connectivity index (χ1v) is 8.55. The molecule has 2 rings (SSSR count). The molecule has 110 valence electrons. The van der Waals surface area contributed by atoms with Gasteiger partial charge in [-0.25, -0.2) is 0 Å². The van der Waals surface area contributed by atoms with E-state index < -0.39 is 0 Å². The predicted octanol–water partition coefficient (Wildman–Crippen LogP) is 7.00. The summed E-state index contributed by atoms with van der Waals surface area (Å²) in [6.45, 7) is 15.2. The van der Waals surface area contributed by atoms with Crippen molar-refractivity contribution in [3.63, 3.8) is 0 Å². The van der Waals surface area contributed by atoms with Crippen molar-refractivity contribution in [1.29, 1.82) is 0 Å². The van der Waals surface area contributed by atoms with Crippen LogP contribution < -0.4 is 0 Å². The van der Waals surface area contributed by atoms with Crippen LogP contribution in [0, 0.1) is 6.92 Å². The van der Waals surface area contributed by atoms with Crippen LogP contribution in [0.25, 0.3) is 11.1 Å². The van der Waals surface area contributed by atoms with Crippen molar-refractivity contribution < 1.29 is 0 Å². The third-order valence-corrected chi connectivity index (χ3v) is 4.52. The molecule has 0 aliphatic carbocycles. The van der Waals surface area contributed by atoms with Gasteiger partial charge in [-0.15, -0.1) is 11.3 Å². The van der Waals surface area contributed by atoms with E-state index in [1.54, 1.807) is 0 Å². The third-order valence-electron chi connectivity index (χ3n) is 3.29. The Morgan fingerprint density at radius 2 is 1.45 bits per heavy atom. The van der Waals surface area contributed by atoms with Crippen LogP contribution in [0.1, 0.15) is 69.4 Å². The molecule has 0 N–H and O–H groups in total. The van der Waals surface area contributed by atoms with Gasteiger partial charge in [0, 0.05) is 4.88 Å². The zero-order valence-electron chi connectivity index (χ0n) is 13.9. The topological polar surface area (TPSA) is 0 Å². The monoisotopic (exact) mass is 288 g/mol. The largest absolute Gasteiger partial charge is 0.148 e. The van der Waals surface area contributed by atoms with E-state index in [1.807, 2.05) is 25.2 Å². The van der Waals surface area contributed by atoms with Gasteiger partial charge in [0.25, 0.3) is 0 Å². The second kappa shape index (κ2) is 7.64. The standard InChI is InChI=1S/C17H22S.C2H6/c1-11(2)14-6-13(5)7-15(8-14)16-9-17(12(3)4)18-10-16;1-2/h6-12H,1-5H3;1-2H3. The van der Waals surface area contributed by atoms with Gasteiger partial charge in [0.1, 0.15) is 0 Å². The summed E-state index contributed by atoms with van der Waals surface area (Å²) in [5.41, 5.74) is 5.52. The maximum atomic E-state index is 2.34. The fraction of sp³-hybridized carbons (Fsp3) is 0.474. The first-order chi connectivity index (χ1) is 9.47. The van der Waals surface area contributed by atoms with Crippen LogP contribution in [-0.4, -0.2) is 0 Å². The van der Waals surface area contributed by atoms with Gasteiger partial charge in [-0.05, 0) is 46.9 Å². The van der Waals surface area contributed by atoms with Crippen molar-refractivity contribution >= 4 is 11.3 Å². The molecular weight excluding hydrogens is 260 g/mol. The molecule has 0 saturated heterocycles. The maximum Gasteiger partial charge on any atom is 0.00770 e. The summed E-state index contributed by atoms with van der Waals surface area (Å²) in [5.74, 6) is 1.21. The Morgan fingerprint density at radius 1 is 0.800 bits per heavy atom. The molecule has 1 aromatic heterocycles. The first kappa shape index (κ1) is 17.0. The van der Waals surface area contributed by atoms with Crippen molar-refractivity contribution in [3.05, 3.63) is 45.6 Å². The smallest absolute Gasteiger partial charge is 0.00770 e. The number of hydrogen-bond acceptors (Lipinski definition) is 1. The van der Waals surface area contributed by atoms with E-state index >= 15 is 0 Å². The number of thiophene rings is 1. The molecular formula is C19H28S. The second-order valence-electron chi connectivity index (χ2n) is 5.68. The molecule has 2 aromatic rings. The zero-order chi connectivity index (χ0) is 15.3. The molecule has 1 aromatic carbocycles. The number of aryl methyl sites for hydroxylation is 1. The number of rotatable bonds is 3. The summed E-state index contributed by atoms with van der Waals surface area (Å²) in [4.78, 5) is 1.47. The lowest BCUT2D eigenvalue weighted by Gasteiger charge is -2.09. The lowest BCUT2D eigenvalue weighted by atomic mass is 9.96. The van der Waals surface area contributed by atoms with Crippen molar-refractivity contribution in [3.8, 4) is 11.1 Å². The second-order valence-corrected chi connectivity index (χ2v) is 6.62. The predicted molar refractivity (Wildman–Crippen MR) is 94.0 cm³/mol. The Labute approximate surface area is 128 Å². The highest BCUT2D eigenvalue weighted by Crippen LogP contribution is 2.32. The van der Waals surface area contributed by atoms with E-state index in [-0.39, 0.29) is 0 Å². The Hall–Kier alpha value is -1.08. The Bertz CT molecular complexity index is 532. The average molecular weight is 288 g/mol. The Morgan fingerprint density at radius 3 is 1.95 bits per heavy atom. The fourth-order valence-electron chi connectivity index (χ4n) is 2.12. The molecule has 0 saturated carbocycles. The lowest BCUT2D eigenvalue weighted by molar-refractivity contribution is 0.865. The highest BCUT2D eigenvalue weighted by Gasteiger charge is 2.08. The minimum atomic E-state index is 0.590. The normalized spacial score (nSPS) is 10.7. The summed E-state index contributed by atoms with van der Waals surface area (Å²) in [6.07, 6.45) is 0. The SMILES string of the molecule is CC.Cc1cc(-c2csc(C(C)C)c2)cc(C(C)C)c1. The summed E-state index contributed by atoms with van der Waals surface area (Å²) in [5, 5.41) is 2.29. The van der Waals surface area contributed by atoms with Crippen LogP contribution in [0.3, 0.4) is 0 Å². The van der Waals surface area contributed by atoms with Crippen molar-refractivity contribution in [2.24, 2.45) is 0 Å². The molecule has 0 spiro atoms. The molecule has 0 aliphatic heterocycles. The fourth-order valence-corrected chi connectivity index (χ4v) is 3.05. The minimum Gasteiger partial charge on any atom is -0.148 e. The first-order valence-electron chi connectivity index (χ1n) is 7.67. The third kappa shape index (κ3) is 4.21. The summed E-state index contributed by atoms with van der Waals surface area (Å²) >= 11 is 1.87. The summed E-state index contributed by atoms with van der Waals surface area (Å²) in [6, 6.07) is 9.26. The number of hydrogen-bond donors (Lipinski definition) is 0. The highest BCUT2D eigenvalue weighted by molar-refractivity contribution is 7.10. The van der Waals surface area contributed by atoms with Gasteiger partial charge in [-0.2, -0.15) is 0 Å². The van der Waals surface area contributed by atoms with E-state index in [0.717, 1.165) is 0 Å². The van der Waals surface area contributed by atoms with Crippen LogP contribution in [0.15, 0.2) is 29.6 Å². The van der Waals surface area contributed by atoms with E-state index in [2.05, 4.69) is 64.3 Å². The zero-order valence-corrected chi connectivity index (χ0v) is 14.8. The highest BCUT2D eigenvalue weighted by atomic mass is 32.1. The molecule has 1 heterocycles. The van der Waals surface area contributed by atoms with Gasteiger partial charge in [0.15, 0.2) is 0 Å². The van der Waals surface area contributed by atoms with Gasteiger partial charge in [0.05, 0.1) is 0 Å². The summed E-state index contributed by atoms with van der Waals surface area (Å²) < 4.78 is 0. The molecule has 0 atom stereocenters. The van der Waals surface area contributed by atoms with Crippen molar-refractivity contribution in [2.45, 2.75) is 60.3 Å². The van der Waals surface area contributed by atoms with Crippen LogP contribution in [-0.2, 0) is 0 Å². The maximum absolute atomic E-state index is 2.34. The molecule has 20 heavy (non-hydrogen) atoms. The molecule has 0 radical (unpaired) electrons. The van der Waals surface area contributed by atoms with Gasteiger partial charge in [0.2, 0.25) is 0 Å². The van der Waals surface area contributed by atoms with Crippen LogP contribution in [0.2, 0.25) is 0 Å². The molecule has 0 unspecified atom stereocenters. The minimum absolute atomic E-state index is 0.590. The van der Waals surface area contributed by atoms with Gasteiger partial charge in [-0.3, -0.25) is 0 Å². The average Bonchev–Trinajstić information content (AvgIpc) is 2.90. The summed E-state index contributed by atoms with van der Waals surface area (Å²) in [7, 11) is 0. The van der Waals surface area contributed by atoms with Gasteiger partial charge < -0.3 is 0 Å². The molecule has 0 nitrogen and oxygen atoms in total. The van der Waals surface area contributed by atoms with E-state index in [1.165, 1.54) is 27.1 Å². The van der Waals surface area contributed by atoms with E-state index in [4.69, 9.17) is 0 Å².